The minimum atomic E-state index is -0.684. The van der Waals surface area contributed by atoms with Crippen molar-refractivity contribution in [1.29, 1.82) is 0 Å². The first-order chi connectivity index (χ1) is 15.1. The summed E-state index contributed by atoms with van der Waals surface area (Å²) in [6, 6.07) is 15.4. The van der Waals surface area contributed by atoms with Gasteiger partial charge in [0.05, 0.1) is 17.7 Å². The Morgan fingerprint density at radius 2 is 1.90 bits per heavy atom. The lowest BCUT2D eigenvalue weighted by atomic mass is 9.95. The summed E-state index contributed by atoms with van der Waals surface area (Å²) in [5.74, 6) is -0.875. The van der Waals surface area contributed by atoms with Crippen LogP contribution in [0.4, 0.5) is 0 Å². The molecule has 2 heterocycles. The van der Waals surface area contributed by atoms with Gasteiger partial charge in [0.2, 0.25) is 0 Å². The van der Waals surface area contributed by atoms with Crippen LogP contribution < -0.4 is 4.74 Å². The zero-order chi connectivity index (χ0) is 21.8. The molecule has 2 aromatic carbocycles. The van der Waals surface area contributed by atoms with Crippen molar-refractivity contribution < 1.29 is 24.2 Å². The molecular weight excluding hydrogens is 394 g/mol. The molecule has 2 saturated heterocycles. The Bertz CT molecular complexity index is 990. The van der Waals surface area contributed by atoms with Crippen LogP contribution in [0.15, 0.2) is 72.8 Å². The summed E-state index contributed by atoms with van der Waals surface area (Å²) in [5, 5.41) is 11.1. The van der Waals surface area contributed by atoms with Crippen LogP contribution in [0.1, 0.15) is 30.0 Å². The average molecular weight is 419 g/mol. The van der Waals surface area contributed by atoms with Crippen LogP contribution in [-0.4, -0.2) is 47.6 Å². The molecule has 0 aromatic heterocycles. The van der Waals surface area contributed by atoms with Gasteiger partial charge in [-0.3, -0.25) is 9.59 Å². The van der Waals surface area contributed by atoms with E-state index in [-0.39, 0.29) is 17.4 Å². The number of benzene rings is 2. The summed E-state index contributed by atoms with van der Waals surface area (Å²) >= 11 is 0. The van der Waals surface area contributed by atoms with Gasteiger partial charge in [0.1, 0.15) is 18.1 Å². The molecule has 160 valence electrons. The van der Waals surface area contributed by atoms with E-state index in [0.717, 1.165) is 18.4 Å². The Hall–Kier alpha value is -3.38. The van der Waals surface area contributed by atoms with Gasteiger partial charge in [0.25, 0.3) is 11.7 Å². The number of carbonyl (C=O) groups excluding carboxylic acids is 2. The fourth-order valence-electron chi connectivity index (χ4n) is 4.08. The van der Waals surface area contributed by atoms with E-state index in [1.54, 1.807) is 30.3 Å². The van der Waals surface area contributed by atoms with Crippen LogP contribution in [0.25, 0.3) is 5.76 Å². The zero-order valence-electron chi connectivity index (χ0n) is 17.2. The topological polar surface area (TPSA) is 76.1 Å². The average Bonchev–Trinajstić information content (AvgIpc) is 3.40. The third-order valence-corrected chi connectivity index (χ3v) is 5.58. The van der Waals surface area contributed by atoms with E-state index in [1.165, 1.54) is 4.90 Å². The molecule has 2 aliphatic rings. The van der Waals surface area contributed by atoms with Crippen molar-refractivity contribution in [1.82, 2.24) is 4.90 Å². The molecule has 0 spiro atoms. The van der Waals surface area contributed by atoms with Crippen molar-refractivity contribution in [2.45, 2.75) is 25.0 Å². The Balaban J connectivity index is 1.73. The van der Waals surface area contributed by atoms with Gasteiger partial charge in [-0.05, 0) is 42.7 Å². The molecule has 31 heavy (non-hydrogen) atoms. The quantitative estimate of drug-likeness (QED) is 0.319. The minimum Gasteiger partial charge on any atom is -0.507 e. The first-order valence-corrected chi connectivity index (χ1v) is 10.4. The van der Waals surface area contributed by atoms with Gasteiger partial charge in [-0.1, -0.05) is 43.0 Å². The SMILES string of the molecule is C=CCOc1ccc(C(O)=C2C(=O)C(=O)N(C[C@@H]3CCCO3)[C@@H]2c2ccccc2)cc1. The van der Waals surface area contributed by atoms with E-state index in [2.05, 4.69) is 6.58 Å². The molecule has 0 saturated carbocycles. The van der Waals surface area contributed by atoms with Crippen LogP contribution in [0.2, 0.25) is 0 Å². The second-order valence-corrected chi connectivity index (χ2v) is 7.62. The Kier molecular flexibility index (Phi) is 6.18. The Morgan fingerprint density at radius 3 is 2.55 bits per heavy atom. The van der Waals surface area contributed by atoms with E-state index in [0.29, 0.717) is 31.1 Å². The molecule has 0 unspecified atom stereocenters. The number of ketones is 1. The Labute approximate surface area is 181 Å². The fraction of sp³-hybridized carbons (Fsp3) is 0.280. The normalized spacial score (nSPS) is 22.6. The highest BCUT2D eigenvalue weighted by atomic mass is 16.5. The molecule has 2 aliphatic heterocycles. The lowest BCUT2D eigenvalue weighted by Gasteiger charge is -2.27. The number of hydrogen-bond acceptors (Lipinski definition) is 5. The highest BCUT2D eigenvalue weighted by Crippen LogP contribution is 2.40. The number of likely N-dealkylation sites (tertiary alicyclic amines) is 1. The number of carbonyl (C=O) groups is 2. The monoisotopic (exact) mass is 419 g/mol. The van der Waals surface area contributed by atoms with Crippen molar-refractivity contribution in [3.05, 3.63) is 84.0 Å². The lowest BCUT2D eigenvalue weighted by molar-refractivity contribution is -0.140. The maximum absolute atomic E-state index is 13.0. The smallest absolute Gasteiger partial charge is 0.295 e. The molecular formula is C25H25NO5. The molecule has 6 nitrogen and oxygen atoms in total. The number of aliphatic hydroxyl groups is 1. The molecule has 2 atom stereocenters. The molecule has 1 N–H and O–H groups in total. The van der Waals surface area contributed by atoms with Crippen LogP contribution in [0.3, 0.4) is 0 Å². The third-order valence-electron chi connectivity index (χ3n) is 5.58. The number of ether oxygens (including phenoxy) is 2. The molecule has 0 bridgehead atoms. The molecule has 4 rings (SSSR count). The largest absolute Gasteiger partial charge is 0.507 e. The van der Waals surface area contributed by atoms with Crippen LogP contribution in [0.5, 0.6) is 5.75 Å². The maximum Gasteiger partial charge on any atom is 0.295 e. The van der Waals surface area contributed by atoms with Crippen LogP contribution in [-0.2, 0) is 14.3 Å². The van der Waals surface area contributed by atoms with Crippen LogP contribution in [0, 0.1) is 0 Å². The molecule has 6 heteroatoms. The fourth-order valence-corrected chi connectivity index (χ4v) is 4.08. The molecule has 2 fully saturated rings. The van der Waals surface area contributed by atoms with Gasteiger partial charge in [-0.15, -0.1) is 0 Å². The van der Waals surface area contributed by atoms with Crippen molar-refractivity contribution in [2.24, 2.45) is 0 Å². The highest BCUT2D eigenvalue weighted by molar-refractivity contribution is 6.46. The summed E-state index contributed by atoms with van der Waals surface area (Å²) in [7, 11) is 0. The minimum absolute atomic E-state index is 0.0916. The number of Topliss-reactive ketones (excluding diaryl/α,β-unsaturated/α-hetero) is 1. The predicted octanol–water partition coefficient (Wildman–Crippen LogP) is 3.85. The van der Waals surface area contributed by atoms with Gasteiger partial charge in [0, 0.05) is 18.7 Å². The Morgan fingerprint density at radius 1 is 1.16 bits per heavy atom. The van der Waals surface area contributed by atoms with Crippen molar-refractivity contribution in [3.63, 3.8) is 0 Å². The number of hydrogen-bond donors (Lipinski definition) is 1. The van der Waals surface area contributed by atoms with Gasteiger partial charge in [-0.25, -0.2) is 0 Å². The maximum atomic E-state index is 13.0. The van der Waals surface area contributed by atoms with Crippen molar-refractivity contribution >= 4 is 17.4 Å². The van der Waals surface area contributed by atoms with Crippen molar-refractivity contribution in [3.8, 4) is 5.75 Å². The molecule has 2 aromatic rings. The van der Waals surface area contributed by atoms with E-state index in [1.807, 2.05) is 30.3 Å². The van der Waals surface area contributed by atoms with E-state index < -0.39 is 17.7 Å². The first-order valence-electron chi connectivity index (χ1n) is 10.4. The predicted molar refractivity (Wildman–Crippen MR) is 117 cm³/mol. The second-order valence-electron chi connectivity index (χ2n) is 7.62. The van der Waals surface area contributed by atoms with E-state index in [9.17, 15) is 14.7 Å². The van der Waals surface area contributed by atoms with Crippen LogP contribution >= 0.6 is 0 Å². The number of nitrogens with zero attached hydrogens (tertiary/aromatic N) is 1. The van der Waals surface area contributed by atoms with Gasteiger partial charge >= 0.3 is 0 Å². The van der Waals surface area contributed by atoms with Gasteiger partial charge < -0.3 is 19.5 Å². The van der Waals surface area contributed by atoms with E-state index in [4.69, 9.17) is 9.47 Å². The summed E-state index contributed by atoms with van der Waals surface area (Å²) in [6.45, 7) is 4.96. The number of amides is 1. The lowest BCUT2D eigenvalue weighted by Crippen LogP contribution is -2.36. The molecule has 0 aliphatic carbocycles. The van der Waals surface area contributed by atoms with Gasteiger partial charge in [-0.2, -0.15) is 0 Å². The zero-order valence-corrected chi connectivity index (χ0v) is 17.2. The first kappa shape index (κ1) is 20.9. The highest BCUT2D eigenvalue weighted by Gasteiger charge is 2.46. The number of rotatable bonds is 7. The molecule has 1 amide bonds. The summed E-state index contributed by atoms with van der Waals surface area (Å²) < 4.78 is 11.2. The third kappa shape index (κ3) is 4.25. The summed E-state index contributed by atoms with van der Waals surface area (Å²) in [5.41, 5.74) is 1.31. The van der Waals surface area contributed by atoms with E-state index >= 15 is 0 Å². The summed E-state index contributed by atoms with van der Waals surface area (Å²) in [4.78, 5) is 27.5. The second kappa shape index (κ2) is 9.18. The van der Waals surface area contributed by atoms with Gasteiger partial charge in [0.15, 0.2) is 0 Å². The van der Waals surface area contributed by atoms with Crippen molar-refractivity contribution in [2.75, 3.05) is 19.8 Å². The molecule has 0 radical (unpaired) electrons. The summed E-state index contributed by atoms with van der Waals surface area (Å²) in [6.07, 6.45) is 3.32. The standard InChI is InChI=1S/C25H25NO5/c1-2-14-30-19-12-10-18(11-13-19)23(27)21-22(17-7-4-3-5-8-17)26(25(29)24(21)28)16-20-9-6-15-31-20/h2-5,7-8,10-13,20,22,27H,1,6,9,14-16H2/t20-,22+/m0/s1. The number of aliphatic hydroxyl groups excluding tert-OH is 1.